The third kappa shape index (κ3) is 4.69. The second-order valence-corrected chi connectivity index (χ2v) is 5.30. The van der Waals surface area contributed by atoms with Crippen LogP contribution in [-0.2, 0) is 9.53 Å². The van der Waals surface area contributed by atoms with Crippen LogP contribution in [0.5, 0.6) is 0 Å². The summed E-state index contributed by atoms with van der Waals surface area (Å²) in [6.07, 6.45) is -1.22. The van der Waals surface area contributed by atoms with E-state index < -0.39 is 35.2 Å². The first-order valence-electron chi connectivity index (χ1n) is 7.36. The second kappa shape index (κ2) is 7.65. The fourth-order valence-electron chi connectivity index (χ4n) is 1.99. The number of ether oxygens (including phenoxy) is 1. The van der Waals surface area contributed by atoms with Crippen molar-refractivity contribution in [2.24, 2.45) is 0 Å². The maximum absolute atomic E-state index is 13.5. The molecule has 0 aliphatic carbocycles. The zero-order valence-corrected chi connectivity index (χ0v) is 13.5. The van der Waals surface area contributed by atoms with Gasteiger partial charge in [0.2, 0.25) is 0 Å². The summed E-state index contributed by atoms with van der Waals surface area (Å²) in [5.41, 5.74) is 0.295. The second-order valence-electron chi connectivity index (χ2n) is 5.30. The van der Waals surface area contributed by atoms with Gasteiger partial charge in [-0.05, 0) is 38.1 Å². The molecule has 1 N–H and O–H groups in total. The van der Waals surface area contributed by atoms with Gasteiger partial charge in [0.25, 0.3) is 5.91 Å². The summed E-state index contributed by atoms with van der Waals surface area (Å²) >= 11 is 0. The Balaban J connectivity index is 2.03. The molecular formula is C18H15F2NO4. The van der Waals surface area contributed by atoms with Crippen LogP contribution in [0, 0.1) is 11.6 Å². The van der Waals surface area contributed by atoms with Crippen molar-refractivity contribution in [3.8, 4) is 0 Å². The molecule has 2 aromatic carbocycles. The lowest BCUT2D eigenvalue weighted by molar-refractivity contribution is -0.123. The maximum atomic E-state index is 13.5. The van der Waals surface area contributed by atoms with Gasteiger partial charge in [-0.3, -0.25) is 9.59 Å². The number of benzene rings is 2. The van der Waals surface area contributed by atoms with Gasteiger partial charge in [-0.1, -0.05) is 12.1 Å². The van der Waals surface area contributed by atoms with E-state index in [0.717, 1.165) is 12.1 Å². The molecule has 0 aliphatic rings. The van der Waals surface area contributed by atoms with Crippen molar-refractivity contribution in [3.63, 3.8) is 0 Å². The van der Waals surface area contributed by atoms with E-state index in [9.17, 15) is 23.2 Å². The summed E-state index contributed by atoms with van der Waals surface area (Å²) in [7, 11) is 0. The molecule has 2 aromatic rings. The molecule has 0 aliphatic heterocycles. The number of anilines is 1. The van der Waals surface area contributed by atoms with Crippen molar-refractivity contribution < 1.29 is 27.9 Å². The zero-order valence-electron chi connectivity index (χ0n) is 13.5. The minimum absolute atomic E-state index is 0.164. The fraction of sp³-hybridized carbons (Fsp3) is 0.167. The van der Waals surface area contributed by atoms with Crippen molar-refractivity contribution in [1.82, 2.24) is 0 Å². The summed E-state index contributed by atoms with van der Waals surface area (Å²) in [4.78, 5) is 35.3. The van der Waals surface area contributed by atoms with Gasteiger partial charge in [-0.15, -0.1) is 0 Å². The van der Waals surface area contributed by atoms with Crippen molar-refractivity contribution in [2.75, 3.05) is 5.32 Å². The number of esters is 1. The molecule has 0 aromatic heterocycles. The zero-order chi connectivity index (χ0) is 18.6. The summed E-state index contributed by atoms with van der Waals surface area (Å²) < 4.78 is 31.3. The number of carbonyl (C=O) groups is 3. The van der Waals surface area contributed by atoms with E-state index >= 15 is 0 Å². The molecule has 0 heterocycles. The van der Waals surface area contributed by atoms with Crippen LogP contribution in [0.1, 0.15) is 34.6 Å². The van der Waals surface area contributed by atoms with E-state index in [-0.39, 0.29) is 5.78 Å². The van der Waals surface area contributed by atoms with Crippen LogP contribution in [0.25, 0.3) is 0 Å². The van der Waals surface area contributed by atoms with Crippen LogP contribution < -0.4 is 5.32 Å². The summed E-state index contributed by atoms with van der Waals surface area (Å²) in [6, 6.07) is 8.64. The highest BCUT2D eigenvalue weighted by molar-refractivity contribution is 5.99. The molecule has 0 saturated carbocycles. The highest BCUT2D eigenvalue weighted by Crippen LogP contribution is 2.14. The summed E-state index contributed by atoms with van der Waals surface area (Å²) in [5, 5.41) is 2.50. The molecule has 130 valence electrons. The SMILES string of the molecule is CC(=O)c1cccc(NC(=O)[C@@H](C)OC(=O)c2ccc(F)cc2F)c1. The van der Waals surface area contributed by atoms with Gasteiger partial charge in [0.05, 0.1) is 5.56 Å². The average molecular weight is 347 g/mol. The minimum Gasteiger partial charge on any atom is -0.449 e. The lowest BCUT2D eigenvalue weighted by Crippen LogP contribution is -2.30. The third-order valence-corrected chi connectivity index (χ3v) is 3.34. The number of amides is 1. The van der Waals surface area contributed by atoms with Gasteiger partial charge in [-0.2, -0.15) is 0 Å². The number of hydrogen-bond acceptors (Lipinski definition) is 4. The van der Waals surface area contributed by atoms with Crippen molar-refractivity contribution in [3.05, 3.63) is 65.2 Å². The lowest BCUT2D eigenvalue weighted by Gasteiger charge is -2.14. The van der Waals surface area contributed by atoms with E-state index in [1.807, 2.05) is 0 Å². The van der Waals surface area contributed by atoms with Crippen LogP contribution >= 0.6 is 0 Å². The Bertz CT molecular complexity index is 836. The fourth-order valence-corrected chi connectivity index (χ4v) is 1.99. The Hall–Kier alpha value is -3.09. The van der Waals surface area contributed by atoms with Crippen LogP contribution in [-0.4, -0.2) is 23.8 Å². The predicted molar refractivity (Wildman–Crippen MR) is 86.3 cm³/mol. The minimum atomic E-state index is -1.22. The molecule has 0 unspecified atom stereocenters. The number of nitrogens with one attached hydrogen (secondary N) is 1. The Morgan fingerprint density at radius 3 is 2.44 bits per heavy atom. The number of ketones is 1. The van der Waals surface area contributed by atoms with Crippen LogP contribution in [0.15, 0.2) is 42.5 Å². The van der Waals surface area contributed by atoms with Crippen LogP contribution in [0.3, 0.4) is 0 Å². The largest absolute Gasteiger partial charge is 0.449 e. The molecule has 2 rings (SSSR count). The molecule has 1 amide bonds. The Labute approximate surface area is 142 Å². The average Bonchev–Trinajstić information content (AvgIpc) is 2.54. The summed E-state index contributed by atoms with van der Waals surface area (Å²) in [5.74, 6) is -3.81. The smallest absolute Gasteiger partial charge is 0.341 e. The summed E-state index contributed by atoms with van der Waals surface area (Å²) in [6.45, 7) is 2.70. The van der Waals surface area contributed by atoms with Gasteiger partial charge in [0, 0.05) is 17.3 Å². The first kappa shape index (κ1) is 18.3. The highest BCUT2D eigenvalue weighted by atomic mass is 19.1. The molecular weight excluding hydrogens is 332 g/mol. The van der Waals surface area contributed by atoms with Crippen molar-refractivity contribution in [1.29, 1.82) is 0 Å². The van der Waals surface area contributed by atoms with Gasteiger partial charge in [-0.25, -0.2) is 13.6 Å². The normalized spacial score (nSPS) is 11.5. The monoisotopic (exact) mass is 347 g/mol. The molecule has 5 nitrogen and oxygen atoms in total. The molecule has 25 heavy (non-hydrogen) atoms. The van der Waals surface area contributed by atoms with Gasteiger partial charge in [0.15, 0.2) is 11.9 Å². The van der Waals surface area contributed by atoms with Gasteiger partial charge < -0.3 is 10.1 Å². The van der Waals surface area contributed by atoms with E-state index in [1.165, 1.54) is 19.9 Å². The molecule has 1 atom stereocenters. The standard InChI is InChI=1S/C18H15F2NO4/c1-10(22)12-4-3-5-14(8-12)21-17(23)11(2)25-18(24)15-7-6-13(19)9-16(15)20/h3-9,11H,1-2H3,(H,21,23)/t11-/m1/s1. The predicted octanol–water partition coefficient (Wildman–Crippen LogP) is 3.35. The Morgan fingerprint density at radius 2 is 1.80 bits per heavy atom. The highest BCUT2D eigenvalue weighted by Gasteiger charge is 2.21. The van der Waals surface area contributed by atoms with Crippen LogP contribution in [0.2, 0.25) is 0 Å². The van der Waals surface area contributed by atoms with Crippen LogP contribution in [0.4, 0.5) is 14.5 Å². The number of rotatable bonds is 5. The first-order chi connectivity index (χ1) is 11.8. The van der Waals surface area contributed by atoms with E-state index in [4.69, 9.17) is 4.74 Å². The lowest BCUT2D eigenvalue weighted by atomic mass is 10.1. The van der Waals surface area contributed by atoms with E-state index in [2.05, 4.69) is 5.32 Å². The molecule has 0 saturated heterocycles. The molecule has 7 heteroatoms. The number of carbonyl (C=O) groups excluding carboxylic acids is 3. The van der Waals surface area contributed by atoms with E-state index in [0.29, 0.717) is 17.3 Å². The topological polar surface area (TPSA) is 72.5 Å². The molecule has 0 radical (unpaired) electrons. The first-order valence-corrected chi connectivity index (χ1v) is 7.36. The van der Waals surface area contributed by atoms with Gasteiger partial charge in [0.1, 0.15) is 11.6 Å². The molecule has 0 fully saturated rings. The van der Waals surface area contributed by atoms with Gasteiger partial charge >= 0.3 is 5.97 Å². The number of Topliss-reactive ketones (excluding diaryl/α,β-unsaturated/α-hetero) is 1. The maximum Gasteiger partial charge on any atom is 0.341 e. The molecule has 0 bridgehead atoms. The van der Waals surface area contributed by atoms with Crippen molar-refractivity contribution in [2.45, 2.75) is 20.0 Å². The quantitative estimate of drug-likeness (QED) is 0.665. The number of halogens is 2. The van der Waals surface area contributed by atoms with E-state index in [1.54, 1.807) is 18.2 Å². The third-order valence-electron chi connectivity index (χ3n) is 3.34. The Morgan fingerprint density at radius 1 is 1.08 bits per heavy atom. The van der Waals surface area contributed by atoms with Crippen molar-refractivity contribution >= 4 is 23.3 Å². The number of hydrogen-bond donors (Lipinski definition) is 1. The Kier molecular flexibility index (Phi) is 5.59. The molecule has 0 spiro atoms.